The highest BCUT2D eigenvalue weighted by Crippen LogP contribution is 2.34. The third-order valence-electron chi connectivity index (χ3n) is 1.56. The predicted molar refractivity (Wildman–Crippen MR) is 50.0 cm³/mol. The summed E-state index contributed by atoms with van der Waals surface area (Å²) >= 11 is 0. The second kappa shape index (κ2) is 4.48. The molecular formula is C9H13OP. The minimum absolute atomic E-state index is 0.255. The van der Waals surface area contributed by atoms with Crippen LogP contribution in [0.2, 0.25) is 0 Å². The van der Waals surface area contributed by atoms with Gasteiger partial charge in [0.05, 0.1) is 0 Å². The topological polar surface area (TPSA) is 9.23 Å². The Morgan fingerprint density at radius 2 is 1.91 bits per heavy atom. The Hall–Kier alpha value is -0.390. The summed E-state index contributed by atoms with van der Waals surface area (Å²) in [7, 11) is 1.52. The number of hydrogen-bond donors (Lipinski definition) is 0. The summed E-state index contributed by atoms with van der Waals surface area (Å²) < 4.78 is 5.22. The van der Waals surface area contributed by atoms with Crippen LogP contribution in [0.3, 0.4) is 0 Å². The fourth-order valence-corrected chi connectivity index (χ4v) is 1.76. The SMILES string of the molecule is COP(C)Cc1ccccc1. The van der Waals surface area contributed by atoms with Crippen molar-refractivity contribution in [3.63, 3.8) is 0 Å². The molecule has 2 heteroatoms. The second-order valence-electron chi connectivity index (χ2n) is 2.45. The molecule has 0 aliphatic heterocycles. The Balaban J connectivity index is 2.51. The quantitative estimate of drug-likeness (QED) is 0.630. The van der Waals surface area contributed by atoms with Crippen molar-refractivity contribution in [1.82, 2.24) is 0 Å². The van der Waals surface area contributed by atoms with E-state index in [9.17, 15) is 0 Å². The van der Waals surface area contributed by atoms with Crippen LogP contribution < -0.4 is 0 Å². The zero-order valence-corrected chi connectivity index (χ0v) is 7.84. The molecule has 1 aromatic rings. The lowest BCUT2D eigenvalue weighted by Crippen LogP contribution is -1.83. The van der Waals surface area contributed by atoms with Gasteiger partial charge in [0.25, 0.3) is 0 Å². The highest BCUT2D eigenvalue weighted by Gasteiger charge is 1.99. The molecule has 0 radical (unpaired) electrons. The summed E-state index contributed by atoms with van der Waals surface area (Å²) in [6, 6.07) is 10.4. The zero-order chi connectivity index (χ0) is 8.10. The van der Waals surface area contributed by atoms with Crippen LogP contribution in [0.4, 0.5) is 0 Å². The van der Waals surface area contributed by atoms with Crippen molar-refractivity contribution in [2.24, 2.45) is 0 Å². The van der Waals surface area contributed by atoms with Gasteiger partial charge in [0.1, 0.15) is 0 Å². The predicted octanol–water partition coefficient (Wildman–Crippen LogP) is 2.86. The van der Waals surface area contributed by atoms with Crippen molar-refractivity contribution in [1.29, 1.82) is 0 Å². The fraction of sp³-hybridized carbons (Fsp3) is 0.333. The largest absolute Gasteiger partial charge is 0.362 e. The van der Waals surface area contributed by atoms with Crippen molar-refractivity contribution in [2.75, 3.05) is 13.8 Å². The van der Waals surface area contributed by atoms with Gasteiger partial charge in [-0.3, -0.25) is 0 Å². The first-order chi connectivity index (χ1) is 5.33. The second-order valence-corrected chi connectivity index (χ2v) is 4.39. The average molecular weight is 168 g/mol. The lowest BCUT2D eigenvalue weighted by Gasteiger charge is -2.07. The highest BCUT2D eigenvalue weighted by molar-refractivity contribution is 7.50. The maximum absolute atomic E-state index is 5.22. The maximum atomic E-state index is 5.22. The first-order valence-electron chi connectivity index (χ1n) is 3.62. The van der Waals surface area contributed by atoms with E-state index >= 15 is 0 Å². The van der Waals surface area contributed by atoms with Gasteiger partial charge in [-0.05, 0) is 12.2 Å². The van der Waals surface area contributed by atoms with Crippen molar-refractivity contribution in [3.05, 3.63) is 35.9 Å². The van der Waals surface area contributed by atoms with Crippen LogP contribution in [0.15, 0.2) is 30.3 Å². The molecule has 0 aliphatic carbocycles. The molecule has 0 heterocycles. The summed E-state index contributed by atoms with van der Waals surface area (Å²) in [6.07, 6.45) is 1.06. The number of benzene rings is 1. The molecule has 1 nitrogen and oxygen atoms in total. The van der Waals surface area contributed by atoms with Gasteiger partial charge in [0, 0.05) is 21.4 Å². The van der Waals surface area contributed by atoms with Crippen LogP contribution in [0, 0.1) is 0 Å². The number of rotatable bonds is 3. The first kappa shape index (κ1) is 8.70. The van der Waals surface area contributed by atoms with E-state index in [1.54, 1.807) is 7.11 Å². The average Bonchev–Trinajstić information content (AvgIpc) is 2.06. The highest BCUT2D eigenvalue weighted by atomic mass is 31.1. The summed E-state index contributed by atoms with van der Waals surface area (Å²) in [5.41, 5.74) is 1.36. The molecule has 0 aliphatic rings. The molecule has 1 atom stereocenters. The standard InChI is InChI=1S/C9H13OP/c1-10-11(2)8-9-6-4-3-5-7-9/h3-7H,8H2,1-2H3. The normalized spacial score (nSPS) is 12.9. The minimum Gasteiger partial charge on any atom is -0.362 e. The van der Waals surface area contributed by atoms with Crippen molar-refractivity contribution in [2.45, 2.75) is 6.16 Å². The molecule has 11 heavy (non-hydrogen) atoms. The van der Waals surface area contributed by atoms with Gasteiger partial charge < -0.3 is 4.52 Å². The molecule has 60 valence electrons. The van der Waals surface area contributed by atoms with E-state index in [4.69, 9.17) is 4.52 Å². The van der Waals surface area contributed by atoms with Crippen LogP contribution in [0.25, 0.3) is 0 Å². The van der Waals surface area contributed by atoms with E-state index < -0.39 is 0 Å². The van der Waals surface area contributed by atoms with Crippen LogP contribution in [-0.2, 0) is 10.7 Å². The molecule has 0 N–H and O–H groups in total. The summed E-state index contributed by atoms with van der Waals surface area (Å²) in [5.74, 6) is 0. The fourth-order valence-electron chi connectivity index (χ4n) is 0.905. The molecule has 0 amide bonds. The van der Waals surface area contributed by atoms with E-state index in [1.807, 2.05) is 6.07 Å². The molecule has 0 bridgehead atoms. The zero-order valence-electron chi connectivity index (χ0n) is 6.95. The van der Waals surface area contributed by atoms with Gasteiger partial charge in [-0.2, -0.15) is 0 Å². The van der Waals surface area contributed by atoms with Gasteiger partial charge in [-0.25, -0.2) is 0 Å². The molecule has 1 unspecified atom stereocenters. The number of hydrogen-bond acceptors (Lipinski definition) is 1. The summed E-state index contributed by atoms with van der Waals surface area (Å²) in [5, 5.41) is 0. The van der Waals surface area contributed by atoms with E-state index in [1.165, 1.54) is 5.56 Å². The molecule has 1 aromatic carbocycles. The molecule has 0 spiro atoms. The molecule has 1 rings (SSSR count). The smallest absolute Gasteiger partial charge is 0.0398 e. The summed E-state index contributed by atoms with van der Waals surface area (Å²) in [4.78, 5) is 0. The van der Waals surface area contributed by atoms with Gasteiger partial charge >= 0.3 is 0 Å². The van der Waals surface area contributed by atoms with Crippen LogP contribution in [0.1, 0.15) is 5.56 Å². The first-order valence-corrected chi connectivity index (χ1v) is 5.51. The Labute approximate surface area is 69.2 Å². The lowest BCUT2D eigenvalue weighted by atomic mass is 10.2. The van der Waals surface area contributed by atoms with E-state index in [-0.39, 0.29) is 8.15 Å². The van der Waals surface area contributed by atoms with Crippen molar-refractivity contribution < 1.29 is 4.52 Å². The Morgan fingerprint density at radius 1 is 1.27 bits per heavy atom. The maximum Gasteiger partial charge on any atom is 0.0398 e. The van der Waals surface area contributed by atoms with Crippen LogP contribution in [0.5, 0.6) is 0 Å². The van der Waals surface area contributed by atoms with Gasteiger partial charge in [0.2, 0.25) is 0 Å². The van der Waals surface area contributed by atoms with Crippen LogP contribution in [-0.4, -0.2) is 13.8 Å². The summed E-state index contributed by atoms with van der Waals surface area (Å²) in [6.45, 7) is 2.14. The monoisotopic (exact) mass is 168 g/mol. The van der Waals surface area contributed by atoms with E-state index in [0.717, 1.165) is 6.16 Å². The van der Waals surface area contributed by atoms with E-state index in [2.05, 4.69) is 30.9 Å². The van der Waals surface area contributed by atoms with E-state index in [0.29, 0.717) is 0 Å². The Kier molecular flexibility index (Phi) is 3.55. The minimum atomic E-state index is -0.255. The molecular weight excluding hydrogens is 155 g/mol. The third-order valence-corrected chi connectivity index (χ3v) is 2.99. The Bertz CT molecular complexity index is 198. The molecule has 0 fully saturated rings. The van der Waals surface area contributed by atoms with Gasteiger partial charge in [-0.15, -0.1) is 0 Å². The molecule has 0 aromatic heterocycles. The molecule has 0 saturated heterocycles. The van der Waals surface area contributed by atoms with Crippen molar-refractivity contribution >= 4 is 8.15 Å². The third kappa shape index (κ3) is 3.00. The van der Waals surface area contributed by atoms with Gasteiger partial charge in [-0.1, -0.05) is 30.3 Å². The van der Waals surface area contributed by atoms with Crippen molar-refractivity contribution in [3.8, 4) is 0 Å². The van der Waals surface area contributed by atoms with Crippen LogP contribution >= 0.6 is 8.15 Å². The Morgan fingerprint density at radius 3 is 2.45 bits per heavy atom. The van der Waals surface area contributed by atoms with Gasteiger partial charge in [0.15, 0.2) is 0 Å². The lowest BCUT2D eigenvalue weighted by molar-refractivity contribution is 0.464. The molecule has 0 saturated carbocycles.